The number of hydrogen-bond donors (Lipinski definition) is 1. The van der Waals surface area contributed by atoms with Gasteiger partial charge in [-0.1, -0.05) is 79.9 Å². The van der Waals surface area contributed by atoms with Crippen molar-refractivity contribution in [3.8, 4) is 11.3 Å². The minimum Gasteiger partial charge on any atom is -0.465 e. The van der Waals surface area contributed by atoms with Crippen LogP contribution in [0.15, 0.2) is 67.0 Å². The molecule has 1 aromatic heterocycles. The molecule has 1 saturated heterocycles. The molecule has 41 heavy (non-hydrogen) atoms. The van der Waals surface area contributed by atoms with Crippen molar-refractivity contribution in [1.29, 1.82) is 0 Å². The second-order valence-electron chi connectivity index (χ2n) is 10.9. The molecule has 3 atom stereocenters. The van der Waals surface area contributed by atoms with Crippen LogP contribution in [0.2, 0.25) is 0 Å². The Morgan fingerprint density at radius 3 is 2.41 bits per heavy atom. The van der Waals surface area contributed by atoms with Gasteiger partial charge in [0.2, 0.25) is 0 Å². The lowest BCUT2D eigenvalue weighted by atomic mass is 10.0. The van der Waals surface area contributed by atoms with Crippen LogP contribution in [0, 0.1) is 0 Å². The van der Waals surface area contributed by atoms with Crippen LogP contribution in [0.5, 0.6) is 0 Å². The summed E-state index contributed by atoms with van der Waals surface area (Å²) in [5.41, 5.74) is 3.18. The third kappa shape index (κ3) is 6.80. The van der Waals surface area contributed by atoms with E-state index in [1.807, 2.05) is 65.6 Å². The molecule has 218 valence electrons. The fourth-order valence-corrected chi connectivity index (χ4v) is 6.19. The number of carboxylic acid groups (broad SMARTS) is 1. The normalized spacial score (nSPS) is 21.4. The second kappa shape index (κ2) is 13.8. The minimum absolute atomic E-state index is 0.00259. The first kappa shape index (κ1) is 28.8. The van der Waals surface area contributed by atoms with E-state index in [1.54, 1.807) is 13.4 Å². The summed E-state index contributed by atoms with van der Waals surface area (Å²) in [6, 6.07) is 19.6. The van der Waals surface area contributed by atoms with Gasteiger partial charge in [-0.15, -0.1) is 0 Å². The molecule has 0 radical (unpaired) electrons. The van der Waals surface area contributed by atoms with E-state index in [2.05, 4.69) is 4.57 Å². The Morgan fingerprint density at radius 2 is 1.68 bits per heavy atom. The molecule has 2 amide bonds. The Bertz CT molecular complexity index is 1280. The van der Waals surface area contributed by atoms with E-state index in [4.69, 9.17) is 14.5 Å². The first-order valence-electron chi connectivity index (χ1n) is 14.6. The molecule has 0 spiro atoms. The topological polar surface area (TPSA) is 97.1 Å². The number of aromatic nitrogens is 2. The summed E-state index contributed by atoms with van der Waals surface area (Å²) < 4.78 is 13.7. The zero-order valence-electron chi connectivity index (χ0n) is 23.7. The summed E-state index contributed by atoms with van der Waals surface area (Å²) in [5, 5.41) is 9.72. The summed E-state index contributed by atoms with van der Waals surface area (Å²) in [5.74, 6) is -0.168. The van der Waals surface area contributed by atoms with Crippen LogP contribution >= 0.6 is 0 Å². The van der Waals surface area contributed by atoms with Gasteiger partial charge in [0.05, 0.1) is 43.4 Å². The summed E-state index contributed by atoms with van der Waals surface area (Å²) >= 11 is 0. The predicted molar refractivity (Wildman–Crippen MR) is 156 cm³/mol. The summed E-state index contributed by atoms with van der Waals surface area (Å²) in [6.45, 7) is 1.90. The lowest BCUT2D eigenvalue weighted by Gasteiger charge is -2.40. The molecule has 3 aromatic rings. The Hall–Kier alpha value is -3.69. The van der Waals surface area contributed by atoms with Crippen LogP contribution in [-0.4, -0.2) is 88.6 Å². The van der Waals surface area contributed by atoms with Gasteiger partial charge in [-0.2, -0.15) is 0 Å². The highest BCUT2D eigenvalue weighted by molar-refractivity contribution is 5.98. The van der Waals surface area contributed by atoms with Crippen molar-refractivity contribution in [2.75, 3.05) is 40.0 Å². The molecule has 1 aliphatic heterocycles. The average molecular weight is 561 g/mol. The van der Waals surface area contributed by atoms with Crippen LogP contribution in [0.1, 0.15) is 54.2 Å². The number of rotatable bonds is 9. The van der Waals surface area contributed by atoms with Gasteiger partial charge >= 0.3 is 6.09 Å². The number of carbonyl (C=O) groups excluding carboxylic acids is 1. The van der Waals surface area contributed by atoms with Gasteiger partial charge in [0.25, 0.3) is 5.91 Å². The molecule has 2 aromatic carbocycles. The third-order valence-corrected chi connectivity index (χ3v) is 8.27. The lowest BCUT2D eigenvalue weighted by molar-refractivity contribution is -0.0126. The SMILES string of the molecule is COCCO[C@H]1CCCCC[C@@H]1n1cnc(C(=O)N2CCN(C(=O)O)C[C@H]2Cc2ccccc2)c1-c1ccccc1. The highest BCUT2D eigenvalue weighted by atomic mass is 16.5. The third-order valence-electron chi connectivity index (χ3n) is 8.27. The molecule has 1 aliphatic carbocycles. The summed E-state index contributed by atoms with van der Waals surface area (Å²) in [7, 11) is 1.68. The van der Waals surface area contributed by atoms with Gasteiger partial charge < -0.3 is 28.9 Å². The van der Waals surface area contributed by atoms with Crippen molar-refractivity contribution in [1.82, 2.24) is 19.4 Å². The maximum absolute atomic E-state index is 14.4. The molecule has 1 saturated carbocycles. The quantitative estimate of drug-likeness (QED) is 0.288. The van der Waals surface area contributed by atoms with Gasteiger partial charge in [-0.05, 0) is 24.8 Å². The second-order valence-corrected chi connectivity index (χ2v) is 10.9. The Kier molecular flexibility index (Phi) is 9.69. The number of amides is 2. The number of ether oxygens (including phenoxy) is 2. The molecule has 2 heterocycles. The largest absolute Gasteiger partial charge is 0.465 e. The maximum Gasteiger partial charge on any atom is 0.407 e. The lowest BCUT2D eigenvalue weighted by Crippen LogP contribution is -2.57. The van der Waals surface area contributed by atoms with Crippen LogP contribution < -0.4 is 0 Å². The van der Waals surface area contributed by atoms with Gasteiger partial charge in [0.15, 0.2) is 5.69 Å². The van der Waals surface area contributed by atoms with Crippen molar-refractivity contribution in [2.45, 2.75) is 56.7 Å². The number of hydrogen-bond acceptors (Lipinski definition) is 5. The summed E-state index contributed by atoms with van der Waals surface area (Å²) in [4.78, 5) is 34.2. The monoisotopic (exact) mass is 560 g/mol. The molecule has 9 nitrogen and oxygen atoms in total. The number of piperazine rings is 1. The number of imidazole rings is 1. The van der Waals surface area contributed by atoms with E-state index in [9.17, 15) is 14.7 Å². The van der Waals surface area contributed by atoms with Crippen molar-refractivity contribution in [3.63, 3.8) is 0 Å². The van der Waals surface area contributed by atoms with Gasteiger partial charge in [0.1, 0.15) is 0 Å². The zero-order valence-corrected chi connectivity index (χ0v) is 23.7. The fourth-order valence-electron chi connectivity index (χ4n) is 6.19. The molecule has 0 bridgehead atoms. The molecular formula is C32H40N4O5. The van der Waals surface area contributed by atoms with E-state index in [0.717, 1.165) is 48.9 Å². The van der Waals surface area contributed by atoms with Gasteiger partial charge in [0, 0.05) is 32.3 Å². The fraction of sp³-hybridized carbons (Fsp3) is 0.469. The van der Waals surface area contributed by atoms with Crippen molar-refractivity contribution in [3.05, 3.63) is 78.2 Å². The standard InChI is InChI=1S/C32H40N4O5/c1-40-19-20-41-28-16-10-4-9-15-27(28)36-23-33-29(30(36)25-13-7-3-8-14-25)31(37)35-18-17-34(32(38)39)22-26(35)21-24-11-5-2-6-12-24/h2-3,5-8,11-14,23,26-28H,4,9-10,15-22H2,1H3,(H,38,39)/t26-,27+,28+/m1/s1. The van der Waals surface area contributed by atoms with Crippen LogP contribution in [-0.2, 0) is 15.9 Å². The van der Waals surface area contributed by atoms with Crippen LogP contribution in [0.4, 0.5) is 4.79 Å². The highest BCUT2D eigenvalue weighted by Crippen LogP contribution is 2.36. The first-order valence-corrected chi connectivity index (χ1v) is 14.6. The highest BCUT2D eigenvalue weighted by Gasteiger charge is 2.37. The van der Waals surface area contributed by atoms with E-state index in [0.29, 0.717) is 31.9 Å². The Balaban J connectivity index is 1.51. The van der Waals surface area contributed by atoms with Gasteiger partial charge in [-0.3, -0.25) is 4.79 Å². The Morgan fingerprint density at radius 1 is 0.951 bits per heavy atom. The molecule has 2 aliphatic rings. The minimum atomic E-state index is -0.961. The van der Waals surface area contributed by atoms with Crippen LogP contribution in [0.3, 0.4) is 0 Å². The number of carbonyl (C=O) groups is 2. The smallest absolute Gasteiger partial charge is 0.407 e. The number of nitrogens with zero attached hydrogens (tertiary/aromatic N) is 4. The number of benzene rings is 2. The summed E-state index contributed by atoms with van der Waals surface area (Å²) in [6.07, 6.45) is 6.63. The van der Waals surface area contributed by atoms with Crippen LogP contribution in [0.25, 0.3) is 11.3 Å². The molecule has 2 fully saturated rings. The Labute approximate surface area is 241 Å². The van der Waals surface area contributed by atoms with E-state index in [-0.39, 0.29) is 37.2 Å². The van der Waals surface area contributed by atoms with Crippen molar-refractivity contribution in [2.24, 2.45) is 0 Å². The average Bonchev–Trinajstić information content (AvgIpc) is 3.30. The molecule has 5 rings (SSSR count). The number of methoxy groups -OCH3 is 1. The maximum atomic E-state index is 14.4. The first-order chi connectivity index (χ1) is 20.1. The van der Waals surface area contributed by atoms with Crippen molar-refractivity contribution >= 4 is 12.0 Å². The molecular weight excluding hydrogens is 520 g/mol. The van der Waals surface area contributed by atoms with E-state index in [1.165, 1.54) is 4.90 Å². The van der Waals surface area contributed by atoms with Crippen molar-refractivity contribution < 1.29 is 24.2 Å². The predicted octanol–water partition coefficient (Wildman–Crippen LogP) is 5.13. The molecule has 1 N–H and O–H groups in total. The molecule has 0 unspecified atom stereocenters. The molecule has 9 heteroatoms. The van der Waals surface area contributed by atoms with E-state index < -0.39 is 6.09 Å². The van der Waals surface area contributed by atoms with Gasteiger partial charge in [-0.25, -0.2) is 9.78 Å². The zero-order chi connectivity index (χ0) is 28.6. The van der Waals surface area contributed by atoms with E-state index >= 15 is 0 Å².